The molecule has 0 aromatic heterocycles. The summed E-state index contributed by atoms with van der Waals surface area (Å²) in [6.07, 6.45) is 6.14. The zero-order valence-electron chi connectivity index (χ0n) is 14.8. The van der Waals surface area contributed by atoms with Gasteiger partial charge in [0.25, 0.3) is 0 Å². The van der Waals surface area contributed by atoms with E-state index in [0.717, 1.165) is 36.8 Å². The molecule has 0 heterocycles. The average Bonchev–Trinajstić information content (AvgIpc) is 2.50. The lowest BCUT2D eigenvalue weighted by Gasteiger charge is -2.35. The van der Waals surface area contributed by atoms with Crippen molar-refractivity contribution >= 4 is 0 Å². The minimum absolute atomic E-state index is 0. The van der Waals surface area contributed by atoms with Gasteiger partial charge in [0.05, 0.1) is 0 Å². The van der Waals surface area contributed by atoms with Crippen LogP contribution in [0.1, 0.15) is 97.3 Å². The number of benzene rings is 1. The highest BCUT2D eigenvalue weighted by Gasteiger charge is 2.33. The fourth-order valence-corrected chi connectivity index (χ4v) is 3.88. The van der Waals surface area contributed by atoms with Crippen LogP contribution in [0.2, 0.25) is 0 Å². The minimum atomic E-state index is 0. The number of fused-ring (bicyclic) bond motifs is 1. The largest absolute Gasteiger partial charge is 0.504 e. The lowest BCUT2D eigenvalue weighted by atomic mass is 9.70. The summed E-state index contributed by atoms with van der Waals surface area (Å²) in [5.74, 6) is 0.728. The van der Waals surface area contributed by atoms with E-state index in [1.54, 1.807) is 0 Å². The summed E-state index contributed by atoms with van der Waals surface area (Å²) in [4.78, 5) is 0. The van der Waals surface area contributed by atoms with Crippen LogP contribution >= 0.6 is 0 Å². The van der Waals surface area contributed by atoms with E-state index in [1.165, 1.54) is 5.57 Å². The monoisotopic (exact) mass is 366 g/mol. The molecule has 0 saturated carbocycles. The van der Waals surface area contributed by atoms with Crippen LogP contribution in [0.4, 0.5) is 0 Å². The molecule has 3 nitrogen and oxygen atoms in total. The van der Waals surface area contributed by atoms with Gasteiger partial charge >= 0.3 is 0 Å². The van der Waals surface area contributed by atoms with Gasteiger partial charge in [0, 0.05) is 12.2 Å². The molecule has 0 saturated heterocycles. The lowest BCUT2D eigenvalue weighted by molar-refractivity contribution is 0.185. The smallest absolute Gasteiger partial charge is 0.161 e. The van der Waals surface area contributed by atoms with Gasteiger partial charge in [-0.2, -0.15) is 0 Å². The highest BCUT2D eigenvalue weighted by Crippen LogP contribution is 2.50. The Bertz CT molecular complexity index is 586. The van der Waals surface area contributed by atoms with Crippen LogP contribution in [-0.4, -0.2) is 21.9 Å². The highest BCUT2D eigenvalue weighted by atomic mass is 16.3. The van der Waals surface area contributed by atoms with Crippen LogP contribution in [0.25, 0.3) is 0 Å². The van der Waals surface area contributed by atoms with E-state index >= 15 is 0 Å². The Morgan fingerprint density at radius 2 is 1.77 bits per heavy atom. The van der Waals surface area contributed by atoms with Crippen LogP contribution in [0.3, 0.4) is 0 Å². The molecule has 1 aromatic carbocycles. The number of phenols is 2. The van der Waals surface area contributed by atoms with Gasteiger partial charge < -0.3 is 15.3 Å². The fraction of sp³-hybridized carbons (Fsp3) is 0.652. The Hall–Kier alpha value is -1.48. The summed E-state index contributed by atoms with van der Waals surface area (Å²) in [6, 6.07) is 2.01. The molecule has 0 bridgehead atoms. The fourth-order valence-electron chi connectivity index (χ4n) is 3.88. The van der Waals surface area contributed by atoms with E-state index in [1.807, 2.05) is 13.0 Å². The molecule has 2 rings (SSSR count). The molecule has 1 aromatic rings. The predicted molar refractivity (Wildman–Crippen MR) is 114 cm³/mol. The standard InChI is InChI=1S/C20H30O3.3CH4/c1-12(2)6-5-7-15(11-21)16-9-8-13(3)18-17(16)10-14(4)19(22)20(18)23;;;/h6,10,13,15-16,21-23H,5,7-9,11H2,1-4H3;3*1H4/t13-,15-,16+;;;/m1.../s1. The number of rotatable bonds is 5. The molecule has 0 amide bonds. The Kier molecular flexibility index (Phi) is 11.6. The Labute approximate surface area is 161 Å². The number of aliphatic hydroxyl groups excluding tert-OH is 1. The summed E-state index contributed by atoms with van der Waals surface area (Å²) in [5.41, 5.74) is 4.01. The number of aromatic hydroxyl groups is 2. The second-order valence-electron chi connectivity index (χ2n) is 7.28. The van der Waals surface area contributed by atoms with Crippen molar-refractivity contribution in [2.45, 2.75) is 87.5 Å². The second-order valence-corrected chi connectivity index (χ2v) is 7.28. The molecule has 0 aliphatic heterocycles. The van der Waals surface area contributed by atoms with Crippen molar-refractivity contribution in [2.24, 2.45) is 5.92 Å². The van der Waals surface area contributed by atoms with Gasteiger partial charge in [-0.3, -0.25) is 0 Å². The quantitative estimate of drug-likeness (QED) is 0.404. The maximum absolute atomic E-state index is 10.4. The van der Waals surface area contributed by atoms with Crippen molar-refractivity contribution in [3.63, 3.8) is 0 Å². The third-order valence-corrected chi connectivity index (χ3v) is 5.23. The van der Waals surface area contributed by atoms with Crippen molar-refractivity contribution in [3.05, 3.63) is 34.4 Å². The summed E-state index contributed by atoms with van der Waals surface area (Å²) in [6.45, 7) is 8.27. The number of aryl methyl sites for hydroxylation is 1. The number of aliphatic hydroxyl groups is 1. The molecule has 3 N–H and O–H groups in total. The molecule has 152 valence electrons. The average molecular weight is 367 g/mol. The SMILES string of the molecule is C.C.C.CC(C)=CCC[C@H](CO)[C@@H]1CC[C@@H](C)c2c1cc(C)c(O)c2O. The van der Waals surface area contributed by atoms with Gasteiger partial charge in [-0.1, -0.05) is 46.9 Å². The normalized spacial score (nSPS) is 19.1. The van der Waals surface area contributed by atoms with Crippen molar-refractivity contribution in [2.75, 3.05) is 6.61 Å². The van der Waals surface area contributed by atoms with E-state index in [0.29, 0.717) is 5.56 Å². The number of hydrogen-bond donors (Lipinski definition) is 3. The molecule has 0 spiro atoms. The van der Waals surface area contributed by atoms with E-state index in [9.17, 15) is 15.3 Å². The molecule has 0 unspecified atom stereocenters. The molecule has 26 heavy (non-hydrogen) atoms. The van der Waals surface area contributed by atoms with Crippen LogP contribution in [0.15, 0.2) is 17.7 Å². The summed E-state index contributed by atoms with van der Waals surface area (Å²) in [7, 11) is 0. The van der Waals surface area contributed by atoms with Crippen LogP contribution in [-0.2, 0) is 0 Å². The maximum atomic E-state index is 10.4. The predicted octanol–water partition coefficient (Wildman–Crippen LogP) is 6.65. The summed E-state index contributed by atoms with van der Waals surface area (Å²) >= 11 is 0. The van der Waals surface area contributed by atoms with Gasteiger partial charge in [0.15, 0.2) is 11.5 Å². The van der Waals surface area contributed by atoms with Gasteiger partial charge in [0.2, 0.25) is 0 Å². The molecule has 0 fully saturated rings. The molecule has 3 atom stereocenters. The third kappa shape index (κ3) is 5.51. The first kappa shape index (κ1) is 26.7. The minimum Gasteiger partial charge on any atom is -0.504 e. The van der Waals surface area contributed by atoms with Crippen molar-refractivity contribution < 1.29 is 15.3 Å². The Balaban J connectivity index is 0. The first-order valence-corrected chi connectivity index (χ1v) is 8.66. The highest BCUT2D eigenvalue weighted by molar-refractivity contribution is 5.56. The van der Waals surface area contributed by atoms with Gasteiger partial charge in [-0.25, -0.2) is 0 Å². The first-order valence-electron chi connectivity index (χ1n) is 8.66. The van der Waals surface area contributed by atoms with E-state index in [-0.39, 0.29) is 58.1 Å². The Morgan fingerprint density at radius 3 is 2.31 bits per heavy atom. The zero-order chi connectivity index (χ0) is 17.1. The van der Waals surface area contributed by atoms with Crippen LogP contribution in [0, 0.1) is 12.8 Å². The summed E-state index contributed by atoms with van der Waals surface area (Å²) < 4.78 is 0. The number of allylic oxidation sites excluding steroid dienone is 2. The van der Waals surface area contributed by atoms with Gasteiger partial charge in [0.1, 0.15) is 0 Å². The zero-order valence-corrected chi connectivity index (χ0v) is 14.8. The Morgan fingerprint density at radius 1 is 1.15 bits per heavy atom. The van der Waals surface area contributed by atoms with Gasteiger partial charge in [-0.15, -0.1) is 0 Å². The topological polar surface area (TPSA) is 60.7 Å². The molecule has 0 radical (unpaired) electrons. The van der Waals surface area contributed by atoms with Crippen molar-refractivity contribution in [3.8, 4) is 11.5 Å². The number of hydrogen-bond acceptors (Lipinski definition) is 3. The summed E-state index contributed by atoms with van der Waals surface area (Å²) in [5, 5.41) is 30.3. The van der Waals surface area contributed by atoms with Crippen molar-refractivity contribution in [1.82, 2.24) is 0 Å². The molecule has 3 heteroatoms. The first-order chi connectivity index (χ1) is 10.9. The molecular weight excluding hydrogens is 324 g/mol. The second kappa shape index (κ2) is 11.3. The number of phenolic OH excluding ortho intramolecular Hbond substituents is 2. The van der Waals surface area contributed by atoms with Crippen LogP contribution < -0.4 is 0 Å². The molecule has 1 aliphatic rings. The van der Waals surface area contributed by atoms with Crippen molar-refractivity contribution in [1.29, 1.82) is 0 Å². The van der Waals surface area contributed by atoms with E-state index in [2.05, 4.69) is 26.8 Å². The molecular formula is C23H42O3. The van der Waals surface area contributed by atoms with Crippen LogP contribution in [0.5, 0.6) is 11.5 Å². The third-order valence-electron chi connectivity index (χ3n) is 5.23. The lowest BCUT2D eigenvalue weighted by Crippen LogP contribution is -2.23. The molecule has 1 aliphatic carbocycles. The van der Waals surface area contributed by atoms with Gasteiger partial charge in [-0.05, 0) is 75.3 Å². The maximum Gasteiger partial charge on any atom is 0.161 e. The van der Waals surface area contributed by atoms with E-state index in [4.69, 9.17) is 0 Å². The van der Waals surface area contributed by atoms with E-state index < -0.39 is 0 Å².